The van der Waals surface area contributed by atoms with Crippen LogP contribution >= 0.6 is 15.9 Å². The average molecular weight is 273 g/mol. The average Bonchev–Trinajstić information content (AvgIpc) is 2.22. The minimum Gasteiger partial charge on any atom is -0.390 e. The van der Waals surface area contributed by atoms with Crippen LogP contribution < -0.4 is 0 Å². The lowest BCUT2D eigenvalue weighted by Gasteiger charge is -2.18. The third-order valence-corrected chi connectivity index (χ3v) is 2.86. The van der Waals surface area contributed by atoms with E-state index in [9.17, 15) is 5.11 Å². The number of halogens is 1. The van der Waals surface area contributed by atoms with Gasteiger partial charge in [0.25, 0.3) is 0 Å². The SMILES string of the molecule is CCOC(C)C(O)Cc1ccc(Br)cc1. The van der Waals surface area contributed by atoms with Crippen molar-refractivity contribution in [3.63, 3.8) is 0 Å². The third-order valence-electron chi connectivity index (χ3n) is 2.33. The molecule has 15 heavy (non-hydrogen) atoms. The lowest BCUT2D eigenvalue weighted by atomic mass is 10.0. The van der Waals surface area contributed by atoms with E-state index in [0.29, 0.717) is 13.0 Å². The maximum Gasteiger partial charge on any atom is 0.0839 e. The van der Waals surface area contributed by atoms with Crippen LogP contribution in [0.25, 0.3) is 0 Å². The minimum absolute atomic E-state index is 0.112. The minimum atomic E-state index is -0.439. The van der Waals surface area contributed by atoms with E-state index in [1.807, 2.05) is 38.1 Å². The van der Waals surface area contributed by atoms with Crippen LogP contribution in [0.15, 0.2) is 28.7 Å². The highest BCUT2D eigenvalue weighted by Gasteiger charge is 2.14. The van der Waals surface area contributed by atoms with Crippen LogP contribution in [0.4, 0.5) is 0 Å². The number of aliphatic hydroxyl groups excluding tert-OH is 1. The maximum atomic E-state index is 9.83. The van der Waals surface area contributed by atoms with Gasteiger partial charge in [0.05, 0.1) is 12.2 Å². The Labute approximate surface area is 99.4 Å². The molecule has 0 amide bonds. The molecule has 2 nitrogen and oxygen atoms in total. The van der Waals surface area contributed by atoms with Gasteiger partial charge in [-0.1, -0.05) is 28.1 Å². The van der Waals surface area contributed by atoms with E-state index in [-0.39, 0.29) is 6.10 Å². The number of benzene rings is 1. The van der Waals surface area contributed by atoms with Gasteiger partial charge in [-0.15, -0.1) is 0 Å². The van der Waals surface area contributed by atoms with Crippen molar-refractivity contribution in [1.82, 2.24) is 0 Å². The molecule has 0 saturated heterocycles. The summed E-state index contributed by atoms with van der Waals surface area (Å²) in [6.07, 6.45) is 0.0822. The summed E-state index contributed by atoms with van der Waals surface area (Å²) < 4.78 is 6.39. The van der Waals surface area contributed by atoms with Crippen LogP contribution in [0.2, 0.25) is 0 Å². The summed E-state index contributed by atoms with van der Waals surface area (Å²) in [7, 11) is 0. The molecule has 84 valence electrons. The van der Waals surface area contributed by atoms with Gasteiger partial charge in [0.15, 0.2) is 0 Å². The normalized spacial score (nSPS) is 14.9. The Bertz CT molecular complexity index is 284. The Hall–Kier alpha value is -0.380. The summed E-state index contributed by atoms with van der Waals surface area (Å²) in [5, 5.41) is 9.83. The van der Waals surface area contributed by atoms with Crippen LogP contribution in [-0.2, 0) is 11.2 Å². The topological polar surface area (TPSA) is 29.5 Å². The van der Waals surface area contributed by atoms with E-state index < -0.39 is 6.10 Å². The van der Waals surface area contributed by atoms with Crippen LogP contribution in [0, 0.1) is 0 Å². The fourth-order valence-corrected chi connectivity index (χ4v) is 1.67. The van der Waals surface area contributed by atoms with E-state index in [2.05, 4.69) is 15.9 Å². The molecular weight excluding hydrogens is 256 g/mol. The summed E-state index contributed by atoms with van der Waals surface area (Å²) in [6, 6.07) is 7.97. The number of aliphatic hydroxyl groups is 1. The largest absolute Gasteiger partial charge is 0.390 e. The van der Waals surface area contributed by atoms with Gasteiger partial charge < -0.3 is 9.84 Å². The first kappa shape index (κ1) is 12.7. The van der Waals surface area contributed by atoms with Gasteiger partial charge in [-0.2, -0.15) is 0 Å². The van der Waals surface area contributed by atoms with Crippen molar-refractivity contribution >= 4 is 15.9 Å². The maximum absolute atomic E-state index is 9.83. The summed E-state index contributed by atoms with van der Waals surface area (Å²) >= 11 is 3.38. The molecule has 0 aliphatic carbocycles. The smallest absolute Gasteiger partial charge is 0.0839 e. The molecule has 1 rings (SSSR count). The number of hydrogen-bond acceptors (Lipinski definition) is 2. The summed E-state index contributed by atoms with van der Waals surface area (Å²) in [5.41, 5.74) is 1.12. The van der Waals surface area contributed by atoms with Crippen molar-refractivity contribution in [3.05, 3.63) is 34.3 Å². The Morgan fingerprint density at radius 3 is 2.47 bits per heavy atom. The zero-order valence-electron chi connectivity index (χ0n) is 9.11. The van der Waals surface area contributed by atoms with E-state index >= 15 is 0 Å². The van der Waals surface area contributed by atoms with E-state index in [4.69, 9.17) is 4.74 Å². The second-order valence-corrected chi connectivity index (χ2v) is 4.47. The van der Waals surface area contributed by atoms with Crippen molar-refractivity contribution in [1.29, 1.82) is 0 Å². The number of ether oxygens (including phenoxy) is 1. The lowest BCUT2D eigenvalue weighted by Crippen LogP contribution is -2.28. The van der Waals surface area contributed by atoms with E-state index in [1.165, 1.54) is 0 Å². The molecular formula is C12H17BrO2. The molecule has 2 atom stereocenters. The molecule has 0 aliphatic heterocycles. The fraction of sp³-hybridized carbons (Fsp3) is 0.500. The first-order chi connectivity index (χ1) is 7.13. The quantitative estimate of drug-likeness (QED) is 0.893. The van der Waals surface area contributed by atoms with Gasteiger partial charge >= 0.3 is 0 Å². The predicted molar refractivity (Wildman–Crippen MR) is 64.9 cm³/mol. The first-order valence-corrected chi connectivity index (χ1v) is 5.97. The van der Waals surface area contributed by atoms with Crippen LogP contribution in [0.3, 0.4) is 0 Å². The second-order valence-electron chi connectivity index (χ2n) is 3.56. The molecule has 1 aromatic rings. The molecule has 0 fully saturated rings. The molecule has 0 saturated carbocycles. The molecule has 0 aliphatic rings. The zero-order valence-corrected chi connectivity index (χ0v) is 10.7. The Morgan fingerprint density at radius 2 is 1.93 bits per heavy atom. The summed E-state index contributed by atoms with van der Waals surface area (Å²) in [6.45, 7) is 4.47. The highest BCUT2D eigenvalue weighted by Crippen LogP contribution is 2.13. The molecule has 3 heteroatoms. The monoisotopic (exact) mass is 272 g/mol. The molecule has 0 aromatic heterocycles. The molecule has 2 unspecified atom stereocenters. The Kier molecular flexibility index (Phi) is 5.29. The van der Waals surface area contributed by atoms with Crippen molar-refractivity contribution in [3.8, 4) is 0 Å². The number of hydrogen-bond donors (Lipinski definition) is 1. The molecule has 0 spiro atoms. The van der Waals surface area contributed by atoms with Crippen LogP contribution in [0.1, 0.15) is 19.4 Å². The van der Waals surface area contributed by atoms with Gasteiger partial charge in [0.1, 0.15) is 0 Å². The van der Waals surface area contributed by atoms with Crippen molar-refractivity contribution in [2.24, 2.45) is 0 Å². The summed E-state index contributed by atoms with van der Waals surface area (Å²) in [4.78, 5) is 0. The summed E-state index contributed by atoms with van der Waals surface area (Å²) in [5.74, 6) is 0. The molecule has 0 bridgehead atoms. The third kappa shape index (κ3) is 4.33. The van der Waals surface area contributed by atoms with E-state index in [1.54, 1.807) is 0 Å². The van der Waals surface area contributed by atoms with Gasteiger partial charge in [0, 0.05) is 17.5 Å². The molecule has 0 radical (unpaired) electrons. The highest BCUT2D eigenvalue weighted by atomic mass is 79.9. The van der Waals surface area contributed by atoms with E-state index in [0.717, 1.165) is 10.0 Å². The highest BCUT2D eigenvalue weighted by molar-refractivity contribution is 9.10. The van der Waals surface area contributed by atoms with Gasteiger partial charge in [0.2, 0.25) is 0 Å². The first-order valence-electron chi connectivity index (χ1n) is 5.17. The van der Waals surface area contributed by atoms with Crippen LogP contribution in [-0.4, -0.2) is 23.9 Å². The second kappa shape index (κ2) is 6.26. The standard InChI is InChI=1S/C12H17BrO2/c1-3-15-9(2)12(14)8-10-4-6-11(13)7-5-10/h4-7,9,12,14H,3,8H2,1-2H3. The predicted octanol–water partition coefficient (Wildman–Crippen LogP) is 2.78. The molecule has 0 heterocycles. The van der Waals surface area contributed by atoms with Crippen molar-refractivity contribution < 1.29 is 9.84 Å². The Balaban J connectivity index is 2.50. The van der Waals surface area contributed by atoms with Gasteiger partial charge in [-0.3, -0.25) is 0 Å². The van der Waals surface area contributed by atoms with Crippen molar-refractivity contribution in [2.45, 2.75) is 32.5 Å². The number of rotatable bonds is 5. The molecule has 1 aromatic carbocycles. The Morgan fingerprint density at radius 1 is 1.33 bits per heavy atom. The van der Waals surface area contributed by atoms with Crippen LogP contribution in [0.5, 0.6) is 0 Å². The lowest BCUT2D eigenvalue weighted by molar-refractivity contribution is -0.0208. The fourth-order valence-electron chi connectivity index (χ4n) is 1.40. The van der Waals surface area contributed by atoms with Gasteiger partial charge in [-0.05, 0) is 31.5 Å². The molecule has 1 N–H and O–H groups in total. The zero-order chi connectivity index (χ0) is 11.3. The van der Waals surface area contributed by atoms with Gasteiger partial charge in [-0.25, -0.2) is 0 Å². The van der Waals surface area contributed by atoms with Crippen molar-refractivity contribution in [2.75, 3.05) is 6.61 Å².